The minimum Gasteiger partial charge on any atom is -0.466 e. The molecule has 11 heteroatoms. The molecule has 0 atom stereocenters. The molecule has 0 rings (SSSR count). The van der Waals surface area contributed by atoms with E-state index in [-0.39, 0.29) is 63.4 Å². The van der Waals surface area contributed by atoms with Gasteiger partial charge in [-0.3, -0.25) is 14.1 Å². The number of carbonyl (C=O) groups is 2. The maximum absolute atomic E-state index is 12.2. The zero-order chi connectivity index (χ0) is 24.3. The fourth-order valence-corrected chi connectivity index (χ4v) is 3.84. The van der Waals surface area contributed by atoms with Gasteiger partial charge in [0.15, 0.2) is 0 Å². The summed E-state index contributed by atoms with van der Waals surface area (Å²) >= 11 is 0. The number of esters is 2. The lowest BCUT2D eigenvalue weighted by atomic mass is 10.1. The predicted octanol–water partition coefficient (Wildman–Crippen LogP) is 1.29. The van der Waals surface area contributed by atoms with E-state index in [9.17, 15) is 18.0 Å². The number of hydrogen-bond donors (Lipinski definition) is 3. The molecule has 0 unspecified atom stereocenters. The molecule has 0 aliphatic rings. The zero-order valence-electron chi connectivity index (χ0n) is 19.4. The Balaban J connectivity index is 5.03. The maximum atomic E-state index is 12.2. The van der Waals surface area contributed by atoms with E-state index >= 15 is 0 Å². The lowest BCUT2D eigenvalue weighted by Gasteiger charge is -2.38. The van der Waals surface area contributed by atoms with E-state index in [4.69, 9.17) is 24.2 Å². The van der Waals surface area contributed by atoms with Crippen LogP contribution >= 0.6 is 0 Å². The molecule has 0 fully saturated rings. The van der Waals surface area contributed by atoms with Crippen LogP contribution in [-0.2, 0) is 29.2 Å². The van der Waals surface area contributed by atoms with Gasteiger partial charge in [-0.1, -0.05) is 13.3 Å². The number of aliphatic hydroxyl groups is 2. The Labute approximate surface area is 192 Å². The van der Waals surface area contributed by atoms with Crippen molar-refractivity contribution in [2.45, 2.75) is 64.7 Å². The third-order valence-electron chi connectivity index (χ3n) is 5.23. The summed E-state index contributed by atoms with van der Waals surface area (Å²) in [6, 6.07) is 0. The predicted molar refractivity (Wildman–Crippen MR) is 119 cm³/mol. The molecule has 0 saturated carbocycles. The number of nitrogens with zero attached hydrogens (tertiary/aromatic N) is 1. The first-order valence-corrected chi connectivity index (χ1v) is 13.1. The van der Waals surface area contributed by atoms with Crippen LogP contribution in [-0.4, -0.2) is 98.0 Å². The average molecular weight is 485 g/mol. The van der Waals surface area contributed by atoms with Gasteiger partial charge in [-0.05, 0) is 32.1 Å². The van der Waals surface area contributed by atoms with Crippen LogP contribution in [0.1, 0.15) is 64.7 Å². The molecule has 0 aromatic heterocycles. The summed E-state index contributed by atoms with van der Waals surface area (Å²) in [6.07, 6.45) is 4.46. The monoisotopic (exact) mass is 484 g/mol. The Kier molecular flexibility index (Phi) is 17.5. The second kappa shape index (κ2) is 18.2. The summed E-state index contributed by atoms with van der Waals surface area (Å²) in [6.45, 7) is 4.42. The van der Waals surface area contributed by atoms with E-state index in [1.165, 1.54) is 0 Å². The fourth-order valence-electron chi connectivity index (χ4n) is 3.35. The molecule has 0 aliphatic carbocycles. The Morgan fingerprint density at radius 1 is 0.750 bits per heavy atom. The van der Waals surface area contributed by atoms with Crippen LogP contribution in [0.15, 0.2) is 0 Å². The van der Waals surface area contributed by atoms with Crippen LogP contribution in [0.4, 0.5) is 0 Å². The summed E-state index contributed by atoms with van der Waals surface area (Å²) in [5.74, 6) is -1.12. The minimum absolute atomic E-state index is 0.0401. The first-order chi connectivity index (χ1) is 15.2. The number of quaternary nitrogens is 1. The standard InChI is InChI=1S/C21H41NO9S/c1-2-3-11-22(12-8-19-32(27,28)29,13-9-20(25)30-17-6-4-15-23)14-10-21(26)31-18-7-5-16-24/h23-24H,2-19H2,1H3/p+1. The topological polar surface area (TPSA) is 147 Å². The first kappa shape index (κ1) is 30.7. The van der Waals surface area contributed by atoms with Crippen molar-refractivity contribution in [2.75, 3.05) is 58.4 Å². The molecule has 10 nitrogen and oxygen atoms in total. The number of ether oxygens (including phenoxy) is 2. The van der Waals surface area contributed by atoms with Gasteiger partial charge in [-0.25, -0.2) is 0 Å². The molecule has 0 aromatic carbocycles. The molecular weight excluding hydrogens is 442 g/mol. The molecule has 0 bridgehead atoms. The molecule has 0 spiro atoms. The smallest absolute Gasteiger partial charge is 0.311 e. The van der Waals surface area contributed by atoms with Gasteiger partial charge in [0.1, 0.15) is 0 Å². The normalized spacial score (nSPS) is 12.0. The quantitative estimate of drug-likeness (QED) is 0.0948. The van der Waals surface area contributed by atoms with Crippen molar-refractivity contribution in [1.29, 1.82) is 0 Å². The van der Waals surface area contributed by atoms with Crippen LogP contribution in [0.2, 0.25) is 0 Å². The van der Waals surface area contributed by atoms with E-state index in [1.807, 2.05) is 6.92 Å². The Morgan fingerprint density at radius 2 is 1.22 bits per heavy atom. The van der Waals surface area contributed by atoms with Crippen molar-refractivity contribution in [1.82, 2.24) is 0 Å². The van der Waals surface area contributed by atoms with Crippen LogP contribution in [0, 0.1) is 0 Å². The van der Waals surface area contributed by atoms with Crippen LogP contribution in [0.3, 0.4) is 0 Å². The lowest BCUT2D eigenvalue weighted by molar-refractivity contribution is -0.927. The lowest BCUT2D eigenvalue weighted by Crippen LogP contribution is -2.52. The molecule has 32 heavy (non-hydrogen) atoms. The fraction of sp³-hybridized carbons (Fsp3) is 0.905. The second-order valence-corrected chi connectivity index (χ2v) is 9.60. The van der Waals surface area contributed by atoms with Crippen LogP contribution < -0.4 is 0 Å². The molecule has 0 aliphatic heterocycles. The molecular formula is C21H42NO9S+. The Bertz CT molecular complexity index is 582. The highest BCUT2D eigenvalue weighted by molar-refractivity contribution is 7.85. The summed E-state index contributed by atoms with van der Waals surface area (Å²) in [5, 5.41) is 17.6. The van der Waals surface area contributed by atoms with Gasteiger partial charge < -0.3 is 24.2 Å². The average Bonchev–Trinajstić information content (AvgIpc) is 2.74. The van der Waals surface area contributed by atoms with Crippen molar-refractivity contribution in [3.8, 4) is 0 Å². The van der Waals surface area contributed by atoms with Crippen molar-refractivity contribution in [2.24, 2.45) is 0 Å². The molecule has 0 aromatic rings. The van der Waals surface area contributed by atoms with E-state index in [2.05, 4.69) is 0 Å². The van der Waals surface area contributed by atoms with Gasteiger partial charge in [0.2, 0.25) is 0 Å². The number of rotatable bonds is 21. The van der Waals surface area contributed by atoms with Gasteiger partial charge in [-0.15, -0.1) is 0 Å². The van der Waals surface area contributed by atoms with Crippen molar-refractivity contribution >= 4 is 22.1 Å². The van der Waals surface area contributed by atoms with Gasteiger partial charge in [-0.2, -0.15) is 8.42 Å². The highest BCUT2D eigenvalue weighted by Gasteiger charge is 2.29. The zero-order valence-corrected chi connectivity index (χ0v) is 20.2. The Hall–Kier alpha value is -1.27. The molecule has 0 heterocycles. The molecule has 0 saturated heterocycles. The summed E-state index contributed by atoms with van der Waals surface area (Å²) in [4.78, 5) is 24.3. The van der Waals surface area contributed by atoms with E-state index in [1.54, 1.807) is 0 Å². The van der Waals surface area contributed by atoms with Gasteiger partial charge >= 0.3 is 11.9 Å². The summed E-state index contributed by atoms with van der Waals surface area (Å²) in [5.41, 5.74) is 0. The number of aliphatic hydroxyl groups excluding tert-OH is 2. The molecule has 3 N–H and O–H groups in total. The van der Waals surface area contributed by atoms with Gasteiger partial charge in [0, 0.05) is 19.6 Å². The third kappa shape index (κ3) is 17.3. The molecule has 0 amide bonds. The number of unbranched alkanes of at least 4 members (excludes halogenated alkanes) is 3. The Morgan fingerprint density at radius 3 is 1.62 bits per heavy atom. The third-order valence-corrected chi connectivity index (χ3v) is 6.04. The summed E-state index contributed by atoms with van der Waals surface area (Å²) in [7, 11) is -4.10. The first-order valence-electron chi connectivity index (χ1n) is 11.5. The van der Waals surface area contributed by atoms with Crippen molar-refractivity contribution in [3.63, 3.8) is 0 Å². The SMILES string of the molecule is CCCC[N+](CCCS(=O)(=O)O)(CCC(=O)OCCCCO)CCC(=O)OCCCCO. The molecule has 0 radical (unpaired) electrons. The van der Waals surface area contributed by atoms with E-state index in [0.29, 0.717) is 56.3 Å². The maximum Gasteiger partial charge on any atom is 0.311 e. The highest BCUT2D eigenvalue weighted by atomic mass is 32.2. The van der Waals surface area contributed by atoms with Gasteiger partial charge in [0.25, 0.3) is 10.1 Å². The number of hydrogen-bond acceptors (Lipinski definition) is 8. The second-order valence-electron chi connectivity index (χ2n) is 8.03. The largest absolute Gasteiger partial charge is 0.466 e. The van der Waals surface area contributed by atoms with Crippen molar-refractivity contribution in [3.05, 3.63) is 0 Å². The summed E-state index contributed by atoms with van der Waals surface area (Å²) < 4.78 is 42.2. The van der Waals surface area contributed by atoms with Gasteiger partial charge in [0.05, 0.1) is 58.0 Å². The van der Waals surface area contributed by atoms with E-state index in [0.717, 1.165) is 12.8 Å². The molecule has 190 valence electrons. The minimum atomic E-state index is -4.10. The van der Waals surface area contributed by atoms with Crippen LogP contribution in [0.5, 0.6) is 0 Å². The van der Waals surface area contributed by atoms with E-state index < -0.39 is 10.1 Å². The van der Waals surface area contributed by atoms with Crippen molar-refractivity contribution < 1.29 is 46.7 Å². The highest BCUT2D eigenvalue weighted by Crippen LogP contribution is 2.16. The van der Waals surface area contributed by atoms with Crippen LogP contribution in [0.25, 0.3) is 0 Å². The number of carbonyl (C=O) groups excluding carboxylic acids is 2.